The van der Waals surface area contributed by atoms with E-state index in [9.17, 15) is 4.79 Å². The zero-order valence-electron chi connectivity index (χ0n) is 15.4. The first-order valence-corrected chi connectivity index (χ1v) is 8.03. The Labute approximate surface area is 161 Å². The fourth-order valence-electron chi connectivity index (χ4n) is 1.88. The highest BCUT2D eigenvalue weighted by molar-refractivity contribution is 14.0. The van der Waals surface area contributed by atoms with Crippen LogP contribution in [0.2, 0.25) is 0 Å². The van der Waals surface area contributed by atoms with Crippen molar-refractivity contribution in [2.45, 2.75) is 48.1 Å². The number of nitrogens with zero attached hydrogens (tertiary/aromatic N) is 2. The van der Waals surface area contributed by atoms with Crippen LogP contribution in [0.5, 0.6) is 0 Å². The Morgan fingerprint density at radius 1 is 1.17 bits per heavy atom. The molecule has 1 aromatic heterocycles. The highest BCUT2D eigenvalue weighted by atomic mass is 127. The Morgan fingerprint density at radius 2 is 1.79 bits per heavy atom. The van der Waals surface area contributed by atoms with Crippen molar-refractivity contribution < 1.29 is 9.21 Å². The predicted molar refractivity (Wildman–Crippen MR) is 107 cm³/mol. The van der Waals surface area contributed by atoms with E-state index >= 15 is 0 Å². The summed E-state index contributed by atoms with van der Waals surface area (Å²) in [5, 5.41) is 9.20. The number of amides is 1. The van der Waals surface area contributed by atoms with Gasteiger partial charge in [0.25, 0.3) is 0 Å². The number of halogens is 1. The van der Waals surface area contributed by atoms with E-state index in [0.29, 0.717) is 31.5 Å². The molecule has 0 radical (unpaired) electrons. The second-order valence-corrected chi connectivity index (χ2v) is 6.04. The Hall–Kier alpha value is -1.32. The van der Waals surface area contributed by atoms with Crippen molar-refractivity contribution >= 4 is 35.8 Å². The predicted octanol–water partition coefficient (Wildman–Crippen LogP) is 2.13. The molecule has 0 aliphatic heterocycles. The Morgan fingerprint density at radius 3 is 2.29 bits per heavy atom. The van der Waals surface area contributed by atoms with Gasteiger partial charge in [-0.3, -0.25) is 4.79 Å². The number of oxazole rings is 1. The Kier molecular flexibility index (Phi) is 9.95. The van der Waals surface area contributed by atoms with Crippen LogP contribution in [0.15, 0.2) is 9.41 Å². The van der Waals surface area contributed by atoms with Gasteiger partial charge in [-0.15, -0.1) is 24.0 Å². The molecule has 0 saturated heterocycles. The van der Waals surface area contributed by atoms with Gasteiger partial charge in [-0.2, -0.15) is 0 Å². The van der Waals surface area contributed by atoms with Crippen LogP contribution in [0, 0.1) is 19.3 Å². The summed E-state index contributed by atoms with van der Waals surface area (Å²) < 4.78 is 5.52. The van der Waals surface area contributed by atoms with Crippen LogP contribution in [0.1, 0.15) is 45.0 Å². The fraction of sp³-hybridized carbons (Fsp3) is 0.688. The molecular formula is C16H30IN5O2. The summed E-state index contributed by atoms with van der Waals surface area (Å²) in [6.45, 7) is 13.7. The molecule has 7 nitrogen and oxygen atoms in total. The van der Waals surface area contributed by atoms with E-state index in [0.717, 1.165) is 18.0 Å². The molecule has 1 rings (SSSR count). The fourth-order valence-corrected chi connectivity index (χ4v) is 1.88. The van der Waals surface area contributed by atoms with Crippen molar-refractivity contribution in [3.05, 3.63) is 17.3 Å². The Balaban J connectivity index is 0.00000529. The average molecular weight is 451 g/mol. The van der Waals surface area contributed by atoms with Crippen molar-refractivity contribution in [2.24, 2.45) is 10.4 Å². The molecule has 8 heteroatoms. The second kappa shape index (κ2) is 10.5. The first kappa shape index (κ1) is 22.7. The monoisotopic (exact) mass is 451 g/mol. The molecule has 0 aromatic carbocycles. The summed E-state index contributed by atoms with van der Waals surface area (Å²) in [6.07, 6.45) is 0. The van der Waals surface area contributed by atoms with E-state index in [1.807, 2.05) is 41.5 Å². The van der Waals surface area contributed by atoms with Crippen LogP contribution in [0.25, 0.3) is 0 Å². The average Bonchev–Trinajstić information content (AvgIpc) is 2.81. The van der Waals surface area contributed by atoms with Crippen molar-refractivity contribution in [3.8, 4) is 0 Å². The number of guanidine groups is 1. The van der Waals surface area contributed by atoms with Gasteiger partial charge in [-0.1, -0.05) is 0 Å². The van der Waals surface area contributed by atoms with Gasteiger partial charge in [-0.05, 0) is 41.5 Å². The minimum Gasteiger partial charge on any atom is -0.444 e. The topological polar surface area (TPSA) is 91.5 Å². The van der Waals surface area contributed by atoms with Crippen LogP contribution < -0.4 is 16.0 Å². The number of hydrogen-bond acceptors (Lipinski definition) is 4. The molecule has 1 aromatic rings. The normalized spacial score (nSPS) is 11.7. The van der Waals surface area contributed by atoms with Crippen molar-refractivity contribution in [3.63, 3.8) is 0 Å². The molecular weight excluding hydrogens is 421 g/mol. The number of carbonyl (C=O) groups excluding carboxylic acids is 1. The lowest BCUT2D eigenvalue weighted by molar-refractivity contribution is -0.128. The zero-order valence-corrected chi connectivity index (χ0v) is 17.8. The van der Waals surface area contributed by atoms with Crippen LogP contribution in [0.3, 0.4) is 0 Å². The molecule has 0 atom stereocenters. The molecule has 0 aliphatic rings. The van der Waals surface area contributed by atoms with Gasteiger partial charge in [-0.25, -0.2) is 9.98 Å². The third kappa shape index (κ3) is 7.06. The molecule has 1 amide bonds. The first-order chi connectivity index (χ1) is 10.8. The van der Waals surface area contributed by atoms with Crippen molar-refractivity contribution in [2.75, 3.05) is 19.6 Å². The van der Waals surface area contributed by atoms with E-state index in [1.54, 1.807) is 0 Å². The zero-order chi connectivity index (χ0) is 17.5. The number of aliphatic imine (C=N–C) groups is 1. The number of aromatic nitrogens is 1. The summed E-state index contributed by atoms with van der Waals surface area (Å²) >= 11 is 0. The molecule has 0 bridgehead atoms. The number of aryl methyl sites for hydroxylation is 2. The number of carbonyl (C=O) groups is 1. The summed E-state index contributed by atoms with van der Waals surface area (Å²) in [7, 11) is 0. The van der Waals surface area contributed by atoms with Gasteiger partial charge in [0, 0.05) is 19.6 Å². The highest BCUT2D eigenvalue weighted by Crippen LogP contribution is 2.13. The molecule has 0 saturated carbocycles. The van der Waals surface area contributed by atoms with Crippen LogP contribution in [0.4, 0.5) is 0 Å². The largest absolute Gasteiger partial charge is 0.444 e. The SMILES string of the molecule is CCNC(=O)C(C)(C)CNC(=NCc1nc(C)c(C)o1)NCC.I. The van der Waals surface area contributed by atoms with Crippen molar-refractivity contribution in [1.29, 1.82) is 0 Å². The summed E-state index contributed by atoms with van der Waals surface area (Å²) in [5.41, 5.74) is 0.355. The maximum Gasteiger partial charge on any atom is 0.227 e. The van der Waals surface area contributed by atoms with Gasteiger partial charge in [0.1, 0.15) is 12.3 Å². The van der Waals surface area contributed by atoms with Gasteiger partial charge in [0.2, 0.25) is 11.8 Å². The van der Waals surface area contributed by atoms with E-state index in [1.165, 1.54) is 0 Å². The quantitative estimate of drug-likeness (QED) is 0.336. The maximum absolute atomic E-state index is 12.0. The Bertz CT molecular complexity index is 535. The van der Waals surface area contributed by atoms with Crippen LogP contribution in [-0.4, -0.2) is 36.5 Å². The number of nitrogens with one attached hydrogen (secondary N) is 3. The van der Waals surface area contributed by atoms with Gasteiger partial charge in [0.15, 0.2) is 5.96 Å². The van der Waals surface area contributed by atoms with E-state index < -0.39 is 5.41 Å². The van der Waals surface area contributed by atoms with E-state index in [2.05, 4.69) is 25.9 Å². The lowest BCUT2D eigenvalue weighted by Gasteiger charge is -2.24. The molecule has 0 unspecified atom stereocenters. The molecule has 24 heavy (non-hydrogen) atoms. The third-order valence-electron chi connectivity index (χ3n) is 3.44. The summed E-state index contributed by atoms with van der Waals surface area (Å²) in [6, 6.07) is 0. The highest BCUT2D eigenvalue weighted by Gasteiger charge is 2.27. The number of rotatable bonds is 7. The van der Waals surface area contributed by atoms with E-state index in [-0.39, 0.29) is 29.9 Å². The van der Waals surface area contributed by atoms with Gasteiger partial charge in [0.05, 0.1) is 11.1 Å². The molecule has 138 valence electrons. The lowest BCUT2D eigenvalue weighted by atomic mass is 9.92. The van der Waals surface area contributed by atoms with Gasteiger partial charge >= 0.3 is 0 Å². The molecule has 3 N–H and O–H groups in total. The standard InChI is InChI=1S/C16H29N5O2.HI/c1-7-17-14(22)16(5,6)10-20-15(18-8-2)19-9-13-21-11(3)12(4)23-13;/h7-10H2,1-6H3,(H,17,22)(H2,18,19,20);1H. The minimum atomic E-state index is -0.525. The molecule has 1 heterocycles. The first-order valence-electron chi connectivity index (χ1n) is 8.03. The minimum absolute atomic E-state index is 0. The van der Waals surface area contributed by atoms with Crippen LogP contribution >= 0.6 is 24.0 Å². The maximum atomic E-state index is 12.0. The third-order valence-corrected chi connectivity index (χ3v) is 3.44. The number of hydrogen-bond donors (Lipinski definition) is 3. The summed E-state index contributed by atoms with van der Waals surface area (Å²) in [4.78, 5) is 20.8. The van der Waals surface area contributed by atoms with Crippen molar-refractivity contribution in [1.82, 2.24) is 20.9 Å². The second-order valence-electron chi connectivity index (χ2n) is 6.04. The lowest BCUT2D eigenvalue weighted by Crippen LogP contribution is -2.47. The van der Waals surface area contributed by atoms with Crippen LogP contribution in [-0.2, 0) is 11.3 Å². The molecule has 0 fully saturated rings. The van der Waals surface area contributed by atoms with E-state index in [4.69, 9.17) is 4.42 Å². The van der Waals surface area contributed by atoms with Gasteiger partial charge < -0.3 is 20.4 Å². The smallest absolute Gasteiger partial charge is 0.227 e. The molecule has 0 aliphatic carbocycles. The summed E-state index contributed by atoms with van der Waals surface area (Å²) in [5.74, 6) is 2.05. The molecule has 0 spiro atoms.